The molecular formula is C17H17BrN2O2. The molecule has 0 fully saturated rings. The van der Waals surface area contributed by atoms with E-state index in [-0.39, 0.29) is 6.03 Å². The van der Waals surface area contributed by atoms with Gasteiger partial charge in [-0.25, -0.2) is 4.79 Å². The molecule has 0 aliphatic carbocycles. The molecule has 5 heteroatoms. The van der Waals surface area contributed by atoms with E-state index in [1.165, 1.54) is 0 Å². The van der Waals surface area contributed by atoms with E-state index in [2.05, 4.69) is 26.6 Å². The number of methoxy groups -OCH3 is 1. The number of rotatable bonds is 4. The number of benzene rings is 2. The van der Waals surface area contributed by atoms with Gasteiger partial charge in [0.05, 0.1) is 7.11 Å². The number of nitrogens with one attached hydrogen (secondary N) is 2. The molecule has 4 nitrogen and oxygen atoms in total. The Morgan fingerprint density at radius 3 is 2.55 bits per heavy atom. The van der Waals surface area contributed by atoms with Crippen molar-refractivity contribution in [3.05, 3.63) is 64.3 Å². The normalized spacial score (nSPS) is 10.5. The van der Waals surface area contributed by atoms with Gasteiger partial charge in [-0.3, -0.25) is 0 Å². The van der Waals surface area contributed by atoms with E-state index in [4.69, 9.17) is 4.74 Å². The van der Waals surface area contributed by atoms with E-state index < -0.39 is 0 Å². The van der Waals surface area contributed by atoms with Crippen LogP contribution in [0.4, 0.5) is 10.5 Å². The summed E-state index contributed by atoms with van der Waals surface area (Å²) < 4.78 is 6.10. The molecule has 0 spiro atoms. The standard InChI is InChI=1S/C17H17BrN2O2/c1-12-11-14(5-8-16(12)18)20-17(21)19-10-9-13-3-6-15(22-2)7-4-13/h3-11H,1-2H3,(H2,19,20,21)/b10-9+. The van der Waals surface area contributed by atoms with Gasteiger partial charge in [0.25, 0.3) is 0 Å². The topological polar surface area (TPSA) is 50.4 Å². The Bertz CT molecular complexity index is 682. The van der Waals surface area contributed by atoms with Gasteiger partial charge in [-0.15, -0.1) is 0 Å². The molecule has 2 rings (SSSR count). The summed E-state index contributed by atoms with van der Waals surface area (Å²) in [5.41, 5.74) is 2.78. The monoisotopic (exact) mass is 360 g/mol. The van der Waals surface area contributed by atoms with Gasteiger partial charge in [0.1, 0.15) is 5.75 Å². The molecule has 0 unspecified atom stereocenters. The second kappa shape index (κ2) is 7.66. The molecule has 0 bridgehead atoms. The maximum atomic E-state index is 11.8. The minimum absolute atomic E-state index is 0.286. The summed E-state index contributed by atoms with van der Waals surface area (Å²) in [6.45, 7) is 1.97. The second-order valence-corrected chi connectivity index (χ2v) is 5.52. The van der Waals surface area contributed by atoms with E-state index in [0.717, 1.165) is 27.0 Å². The fraction of sp³-hybridized carbons (Fsp3) is 0.118. The van der Waals surface area contributed by atoms with E-state index in [1.807, 2.05) is 55.5 Å². The Balaban J connectivity index is 1.88. The number of carbonyl (C=O) groups excluding carboxylic acids is 1. The Morgan fingerprint density at radius 1 is 1.18 bits per heavy atom. The number of carbonyl (C=O) groups is 1. The van der Waals surface area contributed by atoms with Crippen molar-refractivity contribution >= 4 is 33.7 Å². The van der Waals surface area contributed by atoms with Crippen LogP contribution < -0.4 is 15.4 Å². The first kappa shape index (κ1) is 16.1. The minimum atomic E-state index is -0.286. The predicted octanol–water partition coefficient (Wildman–Crippen LogP) is 4.56. The van der Waals surface area contributed by atoms with Gasteiger partial charge in [0.15, 0.2) is 0 Å². The lowest BCUT2D eigenvalue weighted by Crippen LogP contribution is -2.23. The van der Waals surface area contributed by atoms with Gasteiger partial charge < -0.3 is 15.4 Å². The van der Waals surface area contributed by atoms with Crippen LogP contribution in [0.25, 0.3) is 6.08 Å². The van der Waals surface area contributed by atoms with Crippen LogP contribution in [0.5, 0.6) is 5.75 Å². The summed E-state index contributed by atoms with van der Waals surface area (Å²) in [6.07, 6.45) is 3.41. The zero-order valence-corrected chi connectivity index (χ0v) is 14.0. The Labute approximate surface area is 138 Å². The van der Waals surface area contributed by atoms with E-state index in [1.54, 1.807) is 13.3 Å². The predicted molar refractivity (Wildman–Crippen MR) is 93.1 cm³/mol. The maximum Gasteiger partial charge on any atom is 0.323 e. The van der Waals surface area contributed by atoms with Crippen LogP contribution in [-0.2, 0) is 0 Å². The third-order valence-electron chi connectivity index (χ3n) is 3.02. The van der Waals surface area contributed by atoms with Crippen molar-refractivity contribution in [1.82, 2.24) is 5.32 Å². The molecule has 0 aliphatic heterocycles. The van der Waals surface area contributed by atoms with Crippen LogP contribution in [-0.4, -0.2) is 13.1 Å². The number of hydrogen-bond donors (Lipinski definition) is 2. The zero-order valence-electron chi connectivity index (χ0n) is 12.4. The number of anilines is 1. The van der Waals surface area contributed by atoms with Gasteiger partial charge in [0, 0.05) is 16.4 Å². The van der Waals surface area contributed by atoms with Crippen molar-refractivity contribution in [2.75, 3.05) is 12.4 Å². The van der Waals surface area contributed by atoms with Gasteiger partial charge in [-0.05, 0) is 54.5 Å². The summed E-state index contributed by atoms with van der Waals surface area (Å²) in [5, 5.41) is 5.44. The van der Waals surface area contributed by atoms with Gasteiger partial charge >= 0.3 is 6.03 Å². The number of amides is 2. The molecule has 0 saturated heterocycles. The van der Waals surface area contributed by atoms with Gasteiger partial charge in [-0.2, -0.15) is 0 Å². The van der Waals surface area contributed by atoms with Crippen LogP contribution in [0.3, 0.4) is 0 Å². The highest BCUT2D eigenvalue weighted by atomic mass is 79.9. The highest BCUT2D eigenvalue weighted by molar-refractivity contribution is 9.10. The first-order valence-corrected chi connectivity index (χ1v) is 7.52. The lowest BCUT2D eigenvalue weighted by molar-refractivity contribution is 0.255. The largest absolute Gasteiger partial charge is 0.497 e. The highest BCUT2D eigenvalue weighted by Gasteiger charge is 2.01. The van der Waals surface area contributed by atoms with Crippen molar-refractivity contribution in [3.8, 4) is 5.75 Å². The molecule has 2 N–H and O–H groups in total. The van der Waals surface area contributed by atoms with Crippen molar-refractivity contribution in [3.63, 3.8) is 0 Å². The Morgan fingerprint density at radius 2 is 1.91 bits per heavy atom. The van der Waals surface area contributed by atoms with Crippen LogP contribution in [0.1, 0.15) is 11.1 Å². The first-order valence-electron chi connectivity index (χ1n) is 6.73. The smallest absolute Gasteiger partial charge is 0.323 e. The third-order valence-corrected chi connectivity index (χ3v) is 3.91. The summed E-state index contributed by atoms with van der Waals surface area (Å²) in [7, 11) is 1.63. The lowest BCUT2D eigenvalue weighted by Gasteiger charge is -2.06. The quantitative estimate of drug-likeness (QED) is 0.839. The molecule has 2 amide bonds. The van der Waals surface area contributed by atoms with Crippen LogP contribution in [0.2, 0.25) is 0 Å². The van der Waals surface area contributed by atoms with Crippen molar-refractivity contribution in [2.45, 2.75) is 6.92 Å². The van der Waals surface area contributed by atoms with Crippen molar-refractivity contribution in [2.24, 2.45) is 0 Å². The summed E-state index contributed by atoms with van der Waals surface area (Å²) in [4.78, 5) is 11.8. The molecule has 2 aromatic carbocycles. The van der Waals surface area contributed by atoms with Gasteiger partial charge in [0.2, 0.25) is 0 Å². The number of urea groups is 1. The van der Waals surface area contributed by atoms with Crippen LogP contribution in [0.15, 0.2) is 53.1 Å². The number of hydrogen-bond acceptors (Lipinski definition) is 2. The number of aryl methyl sites for hydroxylation is 1. The molecule has 0 aliphatic rings. The maximum absolute atomic E-state index is 11.8. The minimum Gasteiger partial charge on any atom is -0.497 e. The summed E-state index contributed by atoms with van der Waals surface area (Å²) >= 11 is 3.43. The van der Waals surface area contributed by atoms with Crippen molar-refractivity contribution < 1.29 is 9.53 Å². The number of halogens is 1. The molecule has 2 aromatic rings. The molecule has 0 heterocycles. The molecule has 0 aromatic heterocycles. The molecule has 114 valence electrons. The average Bonchev–Trinajstić information content (AvgIpc) is 2.51. The van der Waals surface area contributed by atoms with Crippen LogP contribution in [0, 0.1) is 6.92 Å². The second-order valence-electron chi connectivity index (χ2n) is 4.67. The Kier molecular flexibility index (Phi) is 5.61. The van der Waals surface area contributed by atoms with Gasteiger partial charge in [-0.1, -0.05) is 28.1 Å². The molecule has 0 atom stereocenters. The first-order chi connectivity index (χ1) is 10.6. The van der Waals surface area contributed by atoms with E-state index >= 15 is 0 Å². The van der Waals surface area contributed by atoms with Crippen LogP contribution >= 0.6 is 15.9 Å². The third kappa shape index (κ3) is 4.63. The molecule has 0 radical (unpaired) electrons. The zero-order chi connectivity index (χ0) is 15.9. The molecule has 22 heavy (non-hydrogen) atoms. The fourth-order valence-electron chi connectivity index (χ4n) is 1.82. The summed E-state index contributed by atoms with van der Waals surface area (Å²) in [6, 6.07) is 12.9. The van der Waals surface area contributed by atoms with E-state index in [0.29, 0.717) is 0 Å². The van der Waals surface area contributed by atoms with Crippen molar-refractivity contribution in [1.29, 1.82) is 0 Å². The highest BCUT2D eigenvalue weighted by Crippen LogP contribution is 2.19. The van der Waals surface area contributed by atoms with E-state index in [9.17, 15) is 4.79 Å². The molecular weight excluding hydrogens is 344 g/mol. The average molecular weight is 361 g/mol. The lowest BCUT2D eigenvalue weighted by atomic mass is 10.2. The Hall–Kier alpha value is -2.27. The number of ether oxygens (including phenoxy) is 1. The SMILES string of the molecule is COc1ccc(/C=C/NC(=O)Nc2ccc(Br)c(C)c2)cc1. The fourth-order valence-corrected chi connectivity index (χ4v) is 2.06. The molecule has 0 saturated carbocycles. The summed E-state index contributed by atoms with van der Waals surface area (Å²) in [5.74, 6) is 0.800.